The van der Waals surface area contributed by atoms with Crippen molar-refractivity contribution in [2.45, 2.75) is 25.3 Å². The molecule has 1 aromatic heterocycles. The van der Waals surface area contributed by atoms with Gasteiger partial charge in [-0.05, 0) is 63.3 Å². The molecule has 1 aliphatic carbocycles. The molecule has 1 unspecified atom stereocenters. The molecular weight excluding hydrogens is 343 g/mol. The Morgan fingerprint density at radius 3 is 2.90 bits per heavy atom. The van der Waals surface area contributed by atoms with Crippen molar-refractivity contribution in [1.82, 2.24) is 20.2 Å². The maximum atomic E-state index is 13.2. The van der Waals surface area contributed by atoms with Crippen LogP contribution < -0.4 is 0 Å². The van der Waals surface area contributed by atoms with Crippen LogP contribution in [0.5, 0.6) is 0 Å². The van der Waals surface area contributed by atoms with E-state index in [1.54, 1.807) is 10.7 Å². The fourth-order valence-electron chi connectivity index (χ4n) is 2.38. The fraction of sp³-hybridized carbons (Fsp3) is 0.385. The van der Waals surface area contributed by atoms with Crippen molar-refractivity contribution in [3.63, 3.8) is 0 Å². The molecule has 1 N–H and O–H groups in total. The molecule has 21 heavy (non-hydrogen) atoms. The molecule has 1 atom stereocenters. The van der Waals surface area contributed by atoms with Crippen LogP contribution >= 0.6 is 15.9 Å². The van der Waals surface area contributed by atoms with E-state index in [1.165, 1.54) is 12.1 Å². The third-order valence-electron chi connectivity index (χ3n) is 3.53. The van der Waals surface area contributed by atoms with E-state index in [1.807, 2.05) is 0 Å². The highest BCUT2D eigenvalue weighted by molar-refractivity contribution is 9.10. The average Bonchev–Trinajstić information content (AvgIpc) is 3.14. The first kappa shape index (κ1) is 14.1. The third kappa shape index (κ3) is 2.94. The second kappa shape index (κ2) is 5.51. The van der Waals surface area contributed by atoms with Gasteiger partial charge in [-0.2, -0.15) is 0 Å². The second-order valence-electron chi connectivity index (χ2n) is 5.07. The van der Waals surface area contributed by atoms with Gasteiger partial charge in [0.05, 0.1) is 12.5 Å². The highest BCUT2D eigenvalue weighted by Crippen LogP contribution is 2.42. The van der Waals surface area contributed by atoms with Crippen molar-refractivity contribution >= 4 is 21.9 Å². The van der Waals surface area contributed by atoms with Gasteiger partial charge in [0, 0.05) is 10.0 Å². The Balaban J connectivity index is 2.01. The highest BCUT2D eigenvalue weighted by atomic mass is 79.9. The van der Waals surface area contributed by atoms with Crippen LogP contribution in [0.25, 0.3) is 11.4 Å². The molecule has 1 saturated carbocycles. The Labute approximate surface area is 128 Å². The van der Waals surface area contributed by atoms with Gasteiger partial charge in [0.1, 0.15) is 5.82 Å². The summed E-state index contributed by atoms with van der Waals surface area (Å²) in [5.41, 5.74) is 0.637. The van der Waals surface area contributed by atoms with E-state index in [4.69, 9.17) is 5.11 Å². The normalized spacial score (nSPS) is 15.9. The maximum Gasteiger partial charge on any atom is 0.305 e. The first-order valence-electron chi connectivity index (χ1n) is 6.51. The molecule has 1 fully saturated rings. The number of hydrogen-bond acceptors (Lipinski definition) is 4. The van der Waals surface area contributed by atoms with E-state index in [0.29, 0.717) is 15.9 Å². The second-order valence-corrected chi connectivity index (χ2v) is 5.93. The summed E-state index contributed by atoms with van der Waals surface area (Å²) in [5, 5.41) is 20.6. The van der Waals surface area contributed by atoms with E-state index in [9.17, 15) is 9.18 Å². The first-order valence-corrected chi connectivity index (χ1v) is 7.30. The van der Waals surface area contributed by atoms with E-state index in [0.717, 1.165) is 12.8 Å². The van der Waals surface area contributed by atoms with Gasteiger partial charge in [0.2, 0.25) is 0 Å². The Kier molecular flexibility index (Phi) is 3.71. The summed E-state index contributed by atoms with van der Waals surface area (Å²) in [6.45, 7) is 0. The van der Waals surface area contributed by atoms with Crippen LogP contribution in [-0.2, 0) is 4.79 Å². The number of aliphatic carboxylic acids is 1. The number of rotatable bonds is 5. The summed E-state index contributed by atoms with van der Waals surface area (Å²) in [4.78, 5) is 11.1. The minimum absolute atomic E-state index is 0.0263. The van der Waals surface area contributed by atoms with Crippen LogP contribution in [-0.4, -0.2) is 31.3 Å². The minimum Gasteiger partial charge on any atom is -0.481 e. The number of tetrazole rings is 1. The molecule has 1 aromatic carbocycles. The SMILES string of the molecule is O=C(O)CC(C1CC1)n1nnnc1-c1ccc(F)cc1Br. The van der Waals surface area contributed by atoms with Crippen LogP contribution in [0.4, 0.5) is 4.39 Å². The van der Waals surface area contributed by atoms with E-state index in [-0.39, 0.29) is 24.2 Å². The van der Waals surface area contributed by atoms with Gasteiger partial charge in [-0.1, -0.05) is 0 Å². The molecule has 0 bridgehead atoms. The molecule has 6 nitrogen and oxygen atoms in total. The number of nitrogens with zero attached hydrogens (tertiary/aromatic N) is 4. The Hall–Kier alpha value is -1.83. The van der Waals surface area contributed by atoms with Crippen molar-refractivity contribution < 1.29 is 14.3 Å². The summed E-state index contributed by atoms with van der Waals surface area (Å²) in [5.74, 6) is -0.525. The van der Waals surface area contributed by atoms with Crippen molar-refractivity contribution in [2.75, 3.05) is 0 Å². The first-order chi connectivity index (χ1) is 10.1. The number of carbonyl (C=O) groups is 1. The molecule has 1 heterocycles. The third-order valence-corrected chi connectivity index (χ3v) is 4.18. The lowest BCUT2D eigenvalue weighted by Crippen LogP contribution is -2.18. The van der Waals surface area contributed by atoms with Crippen LogP contribution in [0.2, 0.25) is 0 Å². The number of aromatic nitrogens is 4. The van der Waals surface area contributed by atoms with E-state index < -0.39 is 5.97 Å². The summed E-state index contributed by atoms with van der Waals surface area (Å²) in [6, 6.07) is 3.95. The van der Waals surface area contributed by atoms with Gasteiger partial charge in [-0.3, -0.25) is 4.79 Å². The lowest BCUT2D eigenvalue weighted by atomic mass is 10.1. The summed E-state index contributed by atoms with van der Waals surface area (Å²) < 4.78 is 15.3. The molecule has 0 amide bonds. The van der Waals surface area contributed by atoms with Crippen LogP contribution in [0.15, 0.2) is 22.7 Å². The van der Waals surface area contributed by atoms with Gasteiger partial charge in [-0.25, -0.2) is 9.07 Å². The molecule has 1 aliphatic rings. The molecule has 8 heteroatoms. The molecule has 0 saturated heterocycles. The molecule has 0 radical (unpaired) electrons. The van der Waals surface area contributed by atoms with Gasteiger partial charge in [-0.15, -0.1) is 5.10 Å². The van der Waals surface area contributed by atoms with Crippen LogP contribution in [0.3, 0.4) is 0 Å². The highest BCUT2D eigenvalue weighted by Gasteiger charge is 2.36. The van der Waals surface area contributed by atoms with E-state index in [2.05, 4.69) is 31.5 Å². The molecule has 0 spiro atoms. The largest absolute Gasteiger partial charge is 0.481 e. The quantitative estimate of drug-likeness (QED) is 0.892. The number of carboxylic acids is 1. The molecule has 0 aliphatic heterocycles. The zero-order chi connectivity index (χ0) is 15.0. The van der Waals surface area contributed by atoms with Gasteiger partial charge < -0.3 is 5.11 Å². The Morgan fingerprint density at radius 2 is 2.29 bits per heavy atom. The maximum absolute atomic E-state index is 13.2. The van der Waals surface area contributed by atoms with Crippen molar-refractivity contribution in [3.05, 3.63) is 28.5 Å². The summed E-state index contributed by atoms with van der Waals surface area (Å²) in [7, 11) is 0. The predicted octanol–water partition coefficient (Wildman–Crippen LogP) is 2.67. The Bertz CT molecular complexity index is 687. The number of halogens is 2. The number of benzene rings is 1. The lowest BCUT2D eigenvalue weighted by Gasteiger charge is -2.16. The molecular formula is C13H12BrFN4O2. The summed E-state index contributed by atoms with van der Waals surface area (Å²) >= 11 is 3.29. The molecule has 110 valence electrons. The fourth-order valence-corrected chi connectivity index (χ4v) is 2.91. The van der Waals surface area contributed by atoms with Gasteiger partial charge in [0.25, 0.3) is 0 Å². The topological polar surface area (TPSA) is 80.9 Å². The zero-order valence-corrected chi connectivity index (χ0v) is 12.5. The van der Waals surface area contributed by atoms with Crippen LogP contribution in [0, 0.1) is 11.7 Å². The zero-order valence-electron chi connectivity index (χ0n) is 10.9. The van der Waals surface area contributed by atoms with Crippen molar-refractivity contribution in [2.24, 2.45) is 5.92 Å². The van der Waals surface area contributed by atoms with E-state index >= 15 is 0 Å². The van der Waals surface area contributed by atoms with Crippen molar-refractivity contribution in [1.29, 1.82) is 0 Å². The molecule has 3 rings (SSSR count). The number of hydrogen-bond donors (Lipinski definition) is 1. The standard InChI is InChI=1S/C13H12BrFN4O2/c14-10-5-8(15)3-4-9(10)13-16-17-18-19(13)11(6-12(20)21)7-1-2-7/h3-5,7,11H,1-2,6H2,(H,20,21). The number of carboxylic acid groups (broad SMARTS) is 1. The van der Waals surface area contributed by atoms with Gasteiger partial charge in [0.15, 0.2) is 5.82 Å². The monoisotopic (exact) mass is 354 g/mol. The lowest BCUT2D eigenvalue weighted by molar-refractivity contribution is -0.138. The Morgan fingerprint density at radius 1 is 1.52 bits per heavy atom. The van der Waals surface area contributed by atoms with Crippen molar-refractivity contribution in [3.8, 4) is 11.4 Å². The average molecular weight is 355 g/mol. The van der Waals surface area contributed by atoms with Crippen LogP contribution in [0.1, 0.15) is 25.3 Å². The summed E-state index contributed by atoms with van der Waals surface area (Å²) in [6.07, 6.45) is 1.92. The minimum atomic E-state index is -0.883. The molecule has 2 aromatic rings. The van der Waals surface area contributed by atoms with Gasteiger partial charge >= 0.3 is 5.97 Å². The smallest absolute Gasteiger partial charge is 0.305 e. The predicted molar refractivity (Wildman–Crippen MR) is 74.9 cm³/mol.